The van der Waals surface area contributed by atoms with E-state index in [1.807, 2.05) is 5.01 Å². The van der Waals surface area contributed by atoms with Crippen LogP contribution >= 0.6 is 0 Å². The van der Waals surface area contributed by atoms with E-state index >= 15 is 0 Å². The van der Waals surface area contributed by atoms with Crippen LogP contribution in [0.25, 0.3) is 5.69 Å². The molecule has 2 aromatic rings. The van der Waals surface area contributed by atoms with Crippen LogP contribution in [-0.2, 0) is 4.74 Å². The summed E-state index contributed by atoms with van der Waals surface area (Å²) in [4.78, 5) is 23.0. The van der Waals surface area contributed by atoms with Crippen molar-refractivity contribution >= 4 is 11.4 Å². The summed E-state index contributed by atoms with van der Waals surface area (Å²) in [7, 11) is 0. The molecule has 1 aromatic heterocycles. The van der Waals surface area contributed by atoms with Crippen LogP contribution in [0.4, 0.5) is 5.69 Å². The predicted molar refractivity (Wildman–Crippen MR) is 92.4 cm³/mol. The summed E-state index contributed by atoms with van der Waals surface area (Å²) < 4.78 is 6.66. The van der Waals surface area contributed by atoms with Gasteiger partial charge in [0.1, 0.15) is 0 Å². The number of benzene rings is 1. The van der Waals surface area contributed by atoms with E-state index in [4.69, 9.17) is 4.74 Å². The van der Waals surface area contributed by atoms with Crippen molar-refractivity contribution in [2.45, 2.75) is 13.8 Å². The molecule has 0 amide bonds. The Labute approximate surface area is 143 Å². The fourth-order valence-electron chi connectivity index (χ4n) is 2.79. The number of nitrogens with one attached hydrogen (secondary N) is 1. The van der Waals surface area contributed by atoms with E-state index in [0.717, 1.165) is 0 Å². The highest BCUT2D eigenvalue weighted by Crippen LogP contribution is 2.15. The third-order valence-corrected chi connectivity index (χ3v) is 4.03. The molecular weight excluding hydrogens is 326 g/mol. The van der Waals surface area contributed by atoms with Gasteiger partial charge in [-0.2, -0.15) is 5.10 Å². The minimum atomic E-state index is -0.475. The van der Waals surface area contributed by atoms with Crippen molar-refractivity contribution in [2.24, 2.45) is 5.10 Å². The first-order valence-corrected chi connectivity index (χ1v) is 7.92. The zero-order chi connectivity index (χ0) is 18.0. The van der Waals surface area contributed by atoms with E-state index in [0.29, 0.717) is 49.0 Å². The number of ether oxygens (including phenoxy) is 1. The Morgan fingerprint density at radius 2 is 1.92 bits per heavy atom. The number of hydrogen-bond donors (Lipinski definition) is 1. The summed E-state index contributed by atoms with van der Waals surface area (Å²) in [6, 6.07) is 5.81. The Bertz CT molecular complexity index is 860. The standard InChI is InChI=1S/C16H19N5O4/c1-11(17-19-7-9-25-10-8-19)15-12(2)18-20(16(15)22)13-3-5-14(6-4-13)21(23)24/h3-6,18H,7-10H2,1-2H3. The highest BCUT2D eigenvalue weighted by atomic mass is 16.6. The van der Waals surface area contributed by atoms with Gasteiger partial charge in [0, 0.05) is 17.8 Å². The molecule has 9 nitrogen and oxygen atoms in total. The highest BCUT2D eigenvalue weighted by Gasteiger charge is 2.17. The lowest BCUT2D eigenvalue weighted by molar-refractivity contribution is -0.384. The van der Waals surface area contributed by atoms with Gasteiger partial charge in [-0.3, -0.25) is 25.0 Å². The first-order valence-electron chi connectivity index (χ1n) is 7.92. The van der Waals surface area contributed by atoms with Crippen molar-refractivity contribution in [1.29, 1.82) is 0 Å². The number of non-ortho nitro benzene ring substituents is 1. The molecule has 2 heterocycles. The van der Waals surface area contributed by atoms with Gasteiger partial charge in [-0.15, -0.1) is 0 Å². The molecule has 132 valence electrons. The van der Waals surface area contributed by atoms with Crippen molar-refractivity contribution < 1.29 is 9.66 Å². The fraction of sp³-hybridized carbons (Fsp3) is 0.375. The van der Waals surface area contributed by atoms with Crippen molar-refractivity contribution in [3.8, 4) is 5.69 Å². The molecule has 9 heteroatoms. The van der Waals surface area contributed by atoms with Gasteiger partial charge >= 0.3 is 0 Å². The monoisotopic (exact) mass is 345 g/mol. The minimum Gasteiger partial charge on any atom is -0.378 e. The van der Waals surface area contributed by atoms with E-state index < -0.39 is 4.92 Å². The molecule has 0 aliphatic carbocycles. The van der Waals surface area contributed by atoms with Gasteiger partial charge < -0.3 is 4.74 Å². The van der Waals surface area contributed by atoms with E-state index in [-0.39, 0.29) is 11.2 Å². The number of aromatic amines is 1. The maximum Gasteiger partial charge on any atom is 0.280 e. The second-order valence-electron chi connectivity index (χ2n) is 5.78. The number of hydrogen-bond acceptors (Lipinski definition) is 6. The summed E-state index contributed by atoms with van der Waals surface area (Å²) in [5, 5.41) is 20.2. The van der Waals surface area contributed by atoms with Crippen molar-refractivity contribution in [2.75, 3.05) is 26.3 Å². The first-order chi connectivity index (χ1) is 12.0. The number of aryl methyl sites for hydroxylation is 1. The number of nitrogens with zero attached hydrogens (tertiary/aromatic N) is 4. The summed E-state index contributed by atoms with van der Waals surface area (Å²) >= 11 is 0. The summed E-state index contributed by atoms with van der Waals surface area (Å²) in [6.07, 6.45) is 0. The quantitative estimate of drug-likeness (QED) is 0.513. The number of aromatic nitrogens is 2. The molecule has 0 bridgehead atoms. The molecule has 1 saturated heterocycles. The molecule has 1 aromatic carbocycles. The largest absolute Gasteiger partial charge is 0.378 e. The van der Waals surface area contributed by atoms with Crippen molar-refractivity contribution in [3.63, 3.8) is 0 Å². The van der Waals surface area contributed by atoms with Crippen LogP contribution in [0.1, 0.15) is 18.2 Å². The molecule has 1 N–H and O–H groups in total. The topological polar surface area (TPSA) is 106 Å². The second kappa shape index (κ2) is 6.89. The lowest BCUT2D eigenvalue weighted by Crippen LogP contribution is -2.33. The van der Waals surface area contributed by atoms with Crippen LogP contribution in [0, 0.1) is 17.0 Å². The van der Waals surface area contributed by atoms with Gasteiger partial charge in [0.25, 0.3) is 11.2 Å². The predicted octanol–water partition coefficient (Wildman–Crippen LogP) is 1.44. The van der Waals surface area contributed by atoms with E-state index in [9.17, 15) is 14.9 Å². The number of nitro benzene ring substituents is 1. The number of nitro groups is 1. The van der Waals surface area contributed by atoms with Crippen LogP contribution in [0.15, 0.2) is 34.2 Å². The maximum atomic E-state index is 12.8. The third kappa shape index (κ3) is 3.45. The number of hydrazone groups is 1. The Kier molecular flexibility index (Phi) is 4.66. The SMILES string of the molecule is CC(=NN1CCOCC1)c1c(C)[nH]n(-c2ccc([N+](=O)[O-])cc2)c1=O. The smallest absolute Gasteiger partial charge is 0.280 e. The number of rotatable bonds is 4. The van der Waals surface area contributed by atoms with Crippen LogP contribution in [-0.4, -0.2) is 51.7 Å². The molecule has 3 rings (SSSR count). The zero-order valence-corrected chi connectivity index (χ0v) is 14.1. The van der Waals surface area contributed by atoms with Crippen LogP contribution < -0.4 is 5.56 Å². The Morgan fingerprint density at radius 1 is 1.28 bits per heavy atom. The van der Waals surface area contributed by atoms with E-state index in [1.54, 1.807) is 13.8 Å². The van der Waals surface area contributed by atoms with E-state index in [1.165, 1.54) is 28.9 Å². The summed E-state index contributed by atoms with van der Waals surface area (Å²) in [5.41, 5.74) is 2.10. The van der Waals surface area contributed by atoms with Crippen LogP contribution in [0.5, 0.6) is 0 Å². The number of morpholine rings is 1. The van der Waals surface area contributed by atoms with Crippen molar-refractivity contribution in [3.05, 3.63) is 56.0 Å². The maximum absolute atomic E-state index is 12.8. The van der Waals surface area contributed by atoms with Crippen molar-refractivity contribution in [1.82, 2.24) is 14.8 Å². The molecule has 1 fully saturated rings. The molecule has 0 radical (unpaired) electrons. The Balaban J connectivity index is 1.94. The van der Waals surface area contributed by atoms with Crippen LogP contribution in [0.2, 0.25) is 0 Å². The average molecular weight is 345 g/mol. The normalized spacial score (nSPS) is 15.4. The molecule has 1 aliphatic rings. The first kappa shape index (κ1) is 16.9. The fourth-order valence-corrected chi connectivity index (χ4v) is 2.79. The van der Waals surface area contributed by atoms with Gasteiger partial charge in [0.2, 0.25) is 0 Å². The Hall–Kier alpha value is -2.94. The van der Waals surface area contributed by atoms with Gasteiger partial charge in [-0.25, -0.2) is 4.68 Å². The molecular formula is C16H19N5O4. The highest BCUT2D eigenvalue weighted by molar-refractivity contribution is 5.99. The lowest BCUT2D eigenvalue weighted by atomic mass is 10.2. The molecule has 1 aliphatic heterocycles. The lowest BCUT2D eigenvalue weighted by Gasteiger charge is -2.24. The summed E-state index contributed by atoms with van der Waals surface area (Å²) in [6.45, 7) is 6.23. The molecule has 25 heavy (non-hydrogen) atoms. The Morgan fingerprint density at radius 3 is 2.52 bits per heavy atom. The third-order valence-electron chi connectivity index (χ3n) is 4.03. The molecule has 0 spiro atoms. The number of H-pyrrole nitrogens is 1. The van der Waals surface area contributed by atoms with Gasteiger partial charge in [0.15, 0.2) is 0 Å². The van der Waals surface area contributed by atoms with Crippen LogP contribution in [0.3, 0.4) is 0 Å². The second-order valence-corrected chi connectivity index (χ2v) is 5.78. The summed E-state index contributed by atoms with van der Waals surface area (Å²) in [5.74, 6) is 0. The molecule has 0 unspecified atom stereocenters. The minimum absolute atomic E-state index is 0.0228. The van der Waals surface area contributed by atoms with Gasteiger partial charge in [-0.1, -0.05) is 0 Å². The molecule has 0 saturated carbocycles. The molecule has 0 atom stereocenters. The average Bonchev–Trinajstić information content (AvgIpc) is 2.90. The van der Waals surface area contributed by atoms with Gasteiger partial charge in [0.05, 0.1) is 48.2 Å². The van der Waals surface area contributed by atoms with E-state index in [2.05, 4.69) is 10.2 Å². The zero-order valence-electron chi connectivity index (χ0n) is 14.1. The van der Waals surface area contributed by atoms with Gasteiger partial charge in [-0.05, 0) is 26.0 Å².